The summed E-state index contributed by atoms with van der Waals surface area (Å²) in [5.74, 6) is -2.68. The molecule has 3 aromatic rings. The van der Waals surface area contributed by atoms with Crippen LogP contribution in [-0.2, 0) is 9.53 Å². The number of carbonyl (C=O) groups excluding carboxylic acids is 4. The van der Waals surface area contributed by atoms with E-state index in [4.69, 9.17) is 16.3 Å². The number of hydrogen-bond donors (Lipinski definition) is 1. The Morgan fingerprint density at radius 1 is 1.03 bits per heavy atom. The third-order valence-corrected chi connectivity index (χ3v) is 5.56. The van der Waals surface area contributed by atoms with Gasteiger partial charge in [-0.3, -0.25) is 24.5 Å². The van der Waals surface area contributed by atoms with Crippen molar-refractivity contribution in [1.82, 2.24) is 0 Å². The van der Waals surface area contributed by atoms with Crippen LogP contribution in [-0.4, -0.2) is 35.2 Å². The highest BCUT2D eigenvalue weighted by atomic mass is 35.5. The minimum atomic E-state index is -0.882. The molecule has 35 heavy (non-hydrogen) atoms. The number of hydrogen-bond acceptors (Lipinski definition) is 7. The van der Waals surface area contributed by atoms with E-state index in [1.54, 1.807) is 31.2 Å². The maximum atomic E-state index is 12.9. The molecule has 0 unspecified atom stereocenters. The van der Waals surface area contributed by atoms with Crippen molar-refractivity contribution in [3.05, 3.63) is 98.1 Å². The maximum Gasteiger partial charge on any atom is 0.338 e. The number of para-hydroxylation sites is 1. The third kappa shape index (κ3) is 4.59. The molecular formula is C24H16ClN3O7. The molecule has 0 radical (unpaired) electrons. The Labute approximate surface area is 203 Å². The van der Waals surface area contributed by atoms with Gasteiger partial charge >= 0.3 is 5.97 Å². The molecule has 0 atom stereocenters. The van der Waals surface area contributed by atoms with Crippen LogP contribution in [0.4, 0.5) is 17.1 Å². The fourth-order valence-electron chi connectivity index (χ4n) is 3.52. The molecule has 0 saturated carbocycles. The first-order chi connectivity index (χ1) is 16.7. The third-order valence-electron chi connectivity index (χ3n) is 5.25. The number of nitrogens with one attached hydrogen (secondary N) is 1. The predicted octanol–water partition coefficient (Wildman–Crippen LogP) is 4.15. The molecule has 1 aliphatic rings. The molecule has 0 aromatic heterocycles. The number of esters is 1. The standard InChI is InChI=1S/C24H16ClN3O7/c1-13-4-2-3-5-20(13)27-22(30)16-8-6-14(10-17(16)23(27)31)24(32)35-12-21(29)26-19-9-7-15(28(33)34)11-18(19)25/h2-11H,12H2,1H3,(H,26,29). The number of non-ortho nitro benzene ring substituents is 1. The Morgan fingerprint density at radius 2 is 1.74 bits per heavy atom. The van der Waals surface area contributed by atoms with E-state index in [0.717, 1.165) is 22.6 Å². The Bertz CT molecular complexity index is 1420. The molecule has 0 fully saturated rings. The average molecular weight is 494 g/mol. The minimum absolute atomic E-state index is 0.0160. The van der Waals surface area contributed by atoms with Gasteiger partial charge in [0.25, 0.3) is 23.4 Å². The Hall–Kier alpha value is -4.57. The van der Waals surface area contributed by atoms with Crippen molar-refractivity contribution in [2.24, 2.45) is 0 Å². The molecule has 1 aliphatic heterocycles. The molecule has 0 bridgehead atoms. The van der Waals surface area contributed by atoms with Crippen LogP contribution < -0.4 is 10.2 Å². The number of amides is 3. The molecule has 3 aromatic carbocycles. The van der Waals surface area contributed by atoms with Crippen molar-refractivity contribution in [3.63, 3.8) is 0 Å². The summed E-state index contributed by atoms with van der Waals surface area (Å²) in [6, 6.07) is 14.4. The largest absolute Gasteiger partial charge is 0.452 e. The molecule has 3 amide bonds. The van der Waals surface area contributed by atoms with Crippen LogP contribution in [0.5, 0.6) is 0 Å². The summed E-state index contributed by atoms with van der Waals surface area (Å²) in [6.07, 6.45) is 0. The molecule has 0 aliphatic carbocycles. The normalized spacial score (nSPS) is 12.3. The molecule has 1 heterocycles. The van der Waals surface area contributed by atoms with Crippen LogP contribution in [0.3, 0.4) is 0 Å². The number of benzene rings is 3. The Kier molecular flexibility index (Phi) is 6.30. The molecule has 11 heteroatoms. The second-order valence-corrected chi connectivity index (χ2v) is 7.95. The maximum absolute atomic E-state index is 12.9. The van der Waals surface area contributed by atoms with Gasteiger partial charge in [0.15, 0.2) is 6.61 Å². The number of fused-ring (bicyclic) bond motifs is 1. The highest BCUT2D eigenvalue weighted by Crippen LogP contribution is 2.31. The molecule has 10 nitrogen and oxygen atoms in total. The predicted molar refractivity (Wildman–Crippen MR) is 126 cm³/mol. The second-order valence-electron chi connectivity index (χ2n) is 7.54. The van der Waals surface area contributed by atoms with E-state index in [1.165, 1.54) is 24.3 Å². The van der Waals surface area contributed by atoms with Crippen molar-refractivity contribution in [3.8, 4) is 0 Å². The number of nitro benzene ring substituents is 1. The van der Waals surface area contributed by atoms with E-state index in [1.807, 2.05) is 0 Å². The summed E-state index contributed by atoms with van der Waals surface area (Å²) in [4.78, 5) is 61.5. The van der Waals surface area contributed by atoms with Crippen LogP contribution >= 0.6 is 11.6 Å². The number of carbonyl (C=O) groups is 4. The molecule has 0 saturated heterocycles. The number of rotatable bonds is 6. The first kappa shape index (κ1) is 23.6. The quantitative estimate of drug-likeness (QED) is 0.236. The van der Waals surface area contributed by atoms with Crippen LogP contribution in [0, 0.1) is 17.0 Å². The highest BCUT2D eigenvalue weighted by Gasteiger charge is 2.37. The zero-order valence-corrected chi connectivity index (χ0v) is 18.9. The minimum Gasteiger partial charge on any atom is -0.452 e. The average Bonchev–Trinajstić information content (AvgIpc) is 3.08. The zero-order chi connectivity index (χ0) is 25.3. The van der Waals surface area contributed by atoms with E-state index in [2.05, 4.69) is 5.32 Å². The Morgan fingerprint density at radius 3 is 2.43 bits per heavy atom. The topological polar surface area (TPSA) is 136 Å². The summed E-state index contributed by atoms with van der Waals surface area (Å²) < 4.78 is 5.00. The van der Waals surface area contributed by atoms with Crippen molar-refractivity contribution < 1.29 is 28.8 Å². The molecular weight excluding hydrogens is 478 g/mol. The number of aryl methyl sites for hydroxylation is 1. The van der Waals surface area contributed by atoms with Gasteiger partial charge in [-0.2, -0.15) is 0 Å². The van der Waals surface area contributed by atoms with Gasteiger partial charge in [-0.1, -0.05) is 29.8 Å². The number of nitrogens with zero attached hydrogens (tertiary/aromatic N) is 2. The SMILES string of the molecule is Cc1ccccc1N1C(=O)c2ccc(C(=O)OCC(=O)Nc3ccc([N+](=O)[O-])cc3Cl)cc2C1=O. The molecule has 4 rings (SSSR count). The van der Waals surface area contributed by atoms with Crippen molar-refractivity contribution >= 4 is 52.4 Å². The lowest BCUT2D eigenvalue weighted by Crippen LogP contribution is -2.29. The van der Waals surface area contributed by atoms with Crippen LogP contribution in [0.1, 0.15) is 36.6 Å². The van der Waals surface area contributed by atoms with Crippen molar-refractivity contribution in [2.45, 2.75) is 6.92 Å². The Balaban J connectivity index is 1.44. The van der Waals surface area contributed by atoms with Gasteiger partial charge in [0.05, 0.1) is 38.0 Å². The van der Waals surface area contributed by atoms with Gasteiger partial charge in [0.1, 0.15) is 0 Å². The summed E-state index contributed by atoms with van der Waals surface area (Å²) in [5.41, 5.74) is 1.24. The molecule has 176 valence electrons. The summed E-state index contributed by atoms with van der Waals surface area (Å²) in [5, 5.41) is 13.1. The van der Waals surface area contributed by atoms with Gasteiger partial charge in [0.2, 0.25) is 0 Å². The van der Waals surface area contributed by atoms with Gasteiger partial charge in [-0.05, 0) is 42.8 Å². The van der Waals surface area contributed by atoms with E-state index in [-0.39, 0.29) is 33.1 Å². The number of imide groups is 1. The summed E-state index contributed by atoms with van der Waals surface area (Å²) in [7, 11) is 0. The van der Waals surface area contributed by atoms with E-state index < -0.39 is 35.2 Å². The summed E-state index contributed by atoms with van der Waals surface area (Å²) in [6.45, 7) is 1.10. The fraction of sp³-hybridized carbons (Fsp3) is 0.0833. The number of nitro groups is 1. The van der Waals surface area contributed by atoms with Gasteiger partial charge < -0.3 is 10.1 Å². The summed E-state index contributed by atoms with van der Waals surface area (Å²) >= 11 is 5.93. The van der Waals surface area contributed by atoms with Gasteiger partial charge in [0, 0.05) is 12.1 Å². The van der Waals surface area contributed by atoms with Crippen LogP contribution in [0.15, 0.2) is 60.7 Å². The fourth-order valence-corrected chi connectivity index (χ4v) is 3.74. The van der Waals surface area contributed by atoms with E-state index in [9.17, 15) is 29.3 Å². The number of anilines is 2. The van der Waals surface area contributed by atoms with Gasteiger partial charge in [-0.25, -0.2) is 9.69 Å². The van der Waals surface area contributed by atoms with Crippen LogP contribution in [0.2, 0.25) is 5.02 Å². The van der Waals surface area contributed by atoms with Crippen LogP contribution in [0.25, 0.3) is 0 Å². The first-order valence-corrected chi connectivity index (χ1v) is 10.5. The number of halogens is 1. The van der Waals surface area contributed by atoms with E-state index in [0.29, 0.717) is 5.69 Å². The zero-order valence-electron chi connectivity index (χ0n) is 18.1. The van der Waals surface area contributed by atoms with Crippen molar-refractivity contribution in [1.29, 1.82) is 0 Å². The highest BCUT2D eigenvalue weighted by molar-refractivity contribution is 6.35. The van der Waals surface area contributed by atoms with Crippen molar-refractivity contribution in [2.75, 3.05) is 16.8 Å². The number of ether oxygens (including phenoxy) is 1. The van der Waals surface area contributed by atoms with Gasteiger partial charge in [-0.15, -0.1) is 0 Å². The second kappa shape index (κ2) is 9.35. The molecule has 0 spiro atoms. The lowest BCUT2D eigenvalue weighted by Gasteiger charge is -2.16. The monoisotopic (exact) mass is 493 g/mol. The molecule has 1 N–H and O–H groups in total. The lowest BCUT2D eigenvalue weighted by molar-refractivity contribution is -0.384. The lowest BCUT2D eigenvalue weighted by atomic mass is 10.1. The smallest absolute Gasteiger partial charge is 0.338 e. The first-order valence-electron chi connectivity index (χ1n) is 10.2. The van der Waals surface area contributed by atoms with E-state index >= 15 is 0 Å².